The monoisotopic (exact) mass is 260 g/mol. The summed E-state index contributed by atoms with van der Waals surface area (Å²) in [6, 6.07) is 1.29. The Hall–Kier alpha value is 0.354. The van der Waals surface area contributed by atoms with Gasteiger partial charge in [0, 0.05) is 14.2 Å². The molecule has 0 aliphatic carbocycles. The van der Waals surface area contributed by atoms with Gasteiger partial charge in [0.15, 0.2) is 0 Å². The highest BCUT2D eigenvalue weighted by Gasteiger charge is 2.27. The average Bonchev–Trinajstić information content (AvgIpc) is 2.32. The van der Waals surface area contributed by atoms with E-state index in [0.29, 0.717) is 0 Å². The van der Waals surface area contributed by atoms with Crippen molar-refractivity contribution in [3.8, 4) is 0 Å². The third-order valence-corrected chi connectivity index (χ3v) is 9.71. The molecule has 0 atom stereocenters. The predicted octanol–water partition coefficient (Wildman–Crippen LogP) is 3.72. The summed E-state index contributed by atoms with van der Waals surface area (Å²) in [6.45, 7) is 4.43. The van der Waals surface area contributed by atoms with E-state index in [1.54, 1.807) is 14.2 Å². The van der Waals surface area contributed by atoms with Gasteiger partial charge in [-0.25, -0.2) is 0 Å². The third-order valence-electron chi connectivity index (χ3n) is 3.01. The highest BCUT2D eigenvalue weighted by molar-refractivity contribution is 7.17. The molecule has 0 saturated heterocycles. The molecule has 0 aromatic carbocycles. The summed E-state index contributed by atoms with van der Waals surface area (Å²) in [7, 11) is 2.70. The lowest BCUT2D eigenvalue weighted by atomic mass is 10.1. The molecule has 0 spiro atoms. The SMILES string of the molecule is CCCCCCCCC[Si][Si](C)(OC)OC. The van der Waals surface area contributed by atoms with E-state index >= 15 is 0 Å². The van der Waals surface area contributed by atoms with Gasteiger partial charge in [0.25, 0.3) is 0 Å². The second-order valence-electron chi connectivity index (χ2n) is 4.40. The second kappa shape index (κ2) is 10.5. The van der Waals surface area contributed by atoms with Crippen LogP contribution in [-0.2, 0) is 8.85 Å². The minimum absolute atomic E-state index is 0.883. The molecule has 0 bridgehead atoms. The molecule has 0 saturated carbocycles. The lowest BCUT2D eigenvalue weighted by Crippen LogP contribution is -2.43. The summed E-state index contributed by atoms with van der Waals surface area (Å²) in [5.41, 5.74) is 0. The summed E-state index contributed by atoms with van der Waals surface area (Å²) in [5, 5.41) is 0. The van der Waals surface area contributed by atoms with E-state index in [-0.39, 0.29) is 0 Å². The zero-order chi connectivity index (χ0) is 12.3. The summed E-state index contributed by atoms with van der Waals surface area (Å²) in [4.78, 5) is 0. The second-order valence-corrected chi connectivity index (χ2v) is 11.7. The fourth-order valence-electron chi connectivity index (χ4n) is 1.63. The van der Waals surface area contributed by atoms with Crippen LogP contribution in [0.25, 0.3) is 0 Å². The first-order valence-corrected chi connectivity index (χ1v) is 11.1. The van der Waals surface area contributed by atoms with Gasteiger partial charge in [0.2, 0.25) is 0 Å². The summed E-state index contributed by atoms with van der Waals surface area (Å²) >= 11 is 0. The molecule has 0 fully saturated rings. The topological polar surface area (TPSA) is 18.5 Å². The van der Waals surface area contributed by atoms with Crippen LogP contribution in [0.3, 0.4) is 0 Å². The molecule has 4 heteroatoms. The van der Waals surface area contributed by atoms with Crippen LogP contribution in [0.15, 0.2) is 0 Å². The molecule has 2 radical (unpaired) electrons. The maximum atomic E-state index is 5.48. The highest BCUT2D eigenvalue weighted by Crippen LogP contribution is 2.11. The minimum Gasteiger partial charge on any atom is -0.400 e. The Bertz CT molecular complexity index is 150. The van der Waals surface area contributed by atoms with Gasteiger partial charge < -0.3 is 8.85 Å². The van der Waals surface area contributed by atoms with Crippen LogP contribution in [-0.4, -0.2) is 31.3 Å². The van der Waals surface area contributed by atoms with Gasteiger partial charge in [0.1, 0.15) is 9.04 Å². The Labute approximate surface area is 105 Å². The van der Waals surface area contributed by atoms with Gasteiger partial charge in [-0.05, 0) is 6.55 Å². The van der Waals surface area contributed by atoms with E-state index in [2.05, 4.69) is 13.5 Å². The number of unbranched alkanes of at least 4 members (excludes halogenated alkanes) is 6. The Morgan fingerprint density at radius 1 is 0.875 bits per heavy atom. The number of hydrogen-bond acceptors (Lipinski definition) is 2. The Kier molecular flexibility index (Phi) is 10.7. The molecule has 0 amide bonds. The van der Waals surface area contributed by atoms with Gasteiger partial charge in [-0.2, -0.15) is 0 Å². The van der Waals surface area contributed by atoms with Crippen LogP contribution < -0.4 is 0 Å². The van der Waals surface area contributed by atoms with Crippen LogP contribution in [0.5, 0.6) is 0 Å². The van der Waals surface area contributed by atoms with E-state index < -0.39 is 8.08 Å². The standard InChI is InChI=1S/C12H28O2Si2/c1-5-6-7-8-9-10-11-12-15-16(4,13-2)14-3/h5-12H2,1-4H3. The fraction of sp³-hybridized carbons (Fsp3) is 1.00. The molecule has 16 heavy (non-hydrogen) atoms. The van der Waals surface area contributed by atoms with E-state index in [9.17, 15) is 0 Å². The van der Waals surface area contributed by atoms with Crippen LogP contribution in [0.4, 0.5) is 0 Å². The molecule has 0 unspecified atom stereocenters. The summed E-state index contributed by atoms with van der Waals surface area (Å²) in [6.07, 6.45) is 9.71. The van der Waals surface area contributed by atoms with Gasteiger partial charge in [0.05, 0.1) is 0 Å². The van der Waals surface area contributed by atoms with Crippen molar-refractivity contribution in [2.45, 2.75) is 64.5 Å². The molecule has 0 aliphatic rings. The smallest absolute Gasteiger partial charge is 0.306 e. The largest absolute Gasteiger partial charge is 0.400 e. The maximum Gasteiger partial charge on any atom is 0.306 e. The minimum atomic E-state index is -1.75. The first-order valence-electron chi connectivity index (χ1n) is 6.54. The highest BCUT2D eigenvalue weighted by atomic mass is 29.2. The van der Waals surface area contributed by atoms with Gasteiger partial charge in [-0.15, -0.1) is 0 Å². The summed E-state index contributed by atoms with van der Waals surface area (Å²) in [5.74, 6) is 0. The quantitative estimate of drug-likeness (QED) is 0.416. The van der Waals surface area contributed by atoms with Crippen molar-refractivity contribution in [2.75, 3.05) is 14.2 Å². The van der Waals surface area contributed by atoms with Crippen molar-refractivity contribution < 1.29 is 8.85 Å². The van der Waals surface area contributed by atoms with E-state index in [1.807, 2.05) is 0 Å². The van der Waals surface area contributed by atoms with E-state index in [1.165, 1.54) is 51.0 Å². The Balaban J connectivity index is 3.26. The maximum absolute atomic E-state index is 5.48. The van der Waals surface area contributed by atoms with Crippen LogP contribution in [0.2, 0.25) is 12.6 Å². The van der Waals surface area contributed by atoms with Crippen molar-refractivity contribution in [1.82, 2.24) is 0 Å². The Morgan fingerprint density at radius 3 is 1.88 bits per heavy atom. The molecule has 0 heterocycles. The summed E-state index contributed by atoms with van der Waals surface area (Å²) < 4.78 is 11.0. The molecular weight excluding hydrogens is 232 g/mol. The zero-order valence-electron chi connectivity index (χ0n) is 11.5. The molecule has 96 valence electrons. The molecule has 2 nitrogen and oxygen atoms in total. The lowest BCUT2D eigenvalue weighted by Gasteiger charge is -2.22. The van der Waals surface area contributed by atoms with Gasteiger partial charge in [-0.1, -0.05) is 57.9 Å². The van der Waals surface area contributed by atoms with Crippen LogP contribution in [0, 0.1) is 0 Å². The number of rotatable bonds is 11. The molecule has 0 aromatic heterocycles. The van der Waals surface area contributed by atoms with Crippen LogP contribution in [0.1, 0.15) is 51.9 Å². The van der Waals surface area contributed by atoms with Crippen molar-refractivity contribution in [3.05, 3.63) is 0 Å². The fourth-order valence-corrected chi connectivity index (χ4v) is 5.72. The van der Waals surface area contributed by atoms with E-state index in [4.69, 9.17) is 8.85 Å². The molecule has 0 aromatic rings. The third kappa shape index (κ3) is 8.50. The van der Waals surface area contributed by atoms with Gasteiger partial charge in [-0.3, -0.25) is 0 Å². The number of hydrogen-bond donors (Lipinski definition) is 0. The van der Waals surface area contributed by atoms with Crippen molar-refractivity contribution in [2.24, 2.45) is 0 Å². The Morgan fingerprint density at radius 2 is 1.38 bits per heavy atom. The lowest BCUT2D eigenvalue weighted by molar-refractivity contribution is 0.272. The van der Waals surface area contributed by atoms with Gasteiger partial charge >= 0.3 is 8.08 Å². The normalized spacial score (nSPS) is 12.0. The molecule has 0 N–H and O–H groups in total. The van der Waals surface area contributed by atoms with Crippen molar-refractivity contribution >= 4 is 17.1 Å². The van der Waals surface area contributed by atoms with E-state index in [0.717, 1.165) is 9.04 Å². The first kappa shape index (κ1) is 16.4. The molecule has 0 aliphatic heterocycles. The first-order chi connectivity index (χ1) is 7.68. The molecule has 0 rings (SSSR count). The van der Waals surface area contributed by atoms with Crippen molar-refractivity contribution in [3.63, 3.8) is 0 Å². The average molecular weight is 261 g/mol. The predicted molar refractivity (Wildman–Crippen MR) is 74.2 cm³/mol. The zero-order valence-corrected chi connectivity index (χ0v) is 13.5. The van der Waals surface area contributed by atoms with Crippen LogP contribution >= 0.6 is 0 Å². The molecular formula is C12H28O2Si2. The van der Waals surface area contributed by atoms with Crippen molar-refractivity contribution in [1.29, 1.82) is 0 Å².